The molecule has 0 aliphatic heterocycles. The SMILES string of the molecule is CC(N)Cc1nc2cc(O)ccc2n1C(C)C. The van der Waals surface area contributed by atoms with Gasteiger partial charge in [0.2, 0.25) is 0 Å². The maximum absolute atomic E-state index is 9.48. The van der Waals surface area contributed by atoms with Crippen molar-refractivity contribution in [1.29, 1.82) is 0 Å². The van der Waals surface area contributed by atoms with Crippen LogP contribution in [0, 0.1) is 0 Å². The van der Waals surface area contributed by atoms with E-state index in [1.807, 2.05) is 13.0 Å². The molecule has 1 aromatic carbocycles. The molecular weight excluding hydrogens is 214 g/mol. The van der Waals surface area contributed by atoms with Crippen molar-refractivity contribution in [3.05, 3.63) is 24.0 Å². The Morgan fingerprint density at radius 2 is 2.06 bits per heavy atom. The fraction of sp³-hybridized carbons (Fsp3) is 0.462. The molecule has 0 saturated carbocycles. The first-order valence-electron chi connectivity index (χ1n) is 5.94. The zero-order valence-corrected chi connectivity index (χ0v) is 10.5. The van der Waals surface area contributed by atoms with Gasteiger partial charge in [-0.1, -0.05) is 0 Å². The van der Waals surface area contributed by atoms with Crippen molar-refractivity contribution in [2.24, 2.45) is 5.73 Å². The summed E-state index contributed by atoms with van der Waals surface area (Å²) < 4.78 is 2.18. The molecule has 2 aromatic rings. The van der Waals surface area contributed by atoms with E-state index in [9.17, 15) is 5.11 Å². The van der Waals surface area contributed by atoms with Crippen LogP contribution in [0.2, 0.25) is 0 Å². The summed E-state index contributed by atoms with van der Waals surface area (Å²) in [6, 6.07) is 5.70. The van der Waals surface area contributed by atoms with Crippen molar-refractivity contribution >= 4 is 11.0 Å². The molecule has 1 atom stereocenters. The maximum atomic E-state index is 9.48. The number of aromatic hydroxyl groups is 1. The summed E-state index contributed by atoms with van der Waals surface area (Å²) in [4.78, 5) is 4.56. The number of fused-ring (bicyclic) bond motifs is 1. The molecular formula is C13H19N3O. The summed E-state index contributed by atoms with van der Waals surface area (Å²) >= 11 is 0. The number of nitrogens with two attached hydrogens (primary N) is 1. The third-order valence-electron chi connectivity index (χ3n) is 2.77. The minimum Gasteiger partial charge on any atom is -0.508 e. The van der Waals surface area contributed by atoms with Crippen LogP contribution in [0.5, 0.6) is 5.75 Å². The van der Waals surface area contributed by atoms with Crippen molar-refractivity contribution in [2.75, 3.05) is 0 Å². The molecule has 92 valence electrons. The number of rotatable bonds is 3. The van der Waals surface area contributed by atoms with Gasteiger partial charge < -0.3 is 15.4 Å². The van der Waals surface area contributed by atoms with Gasteiger partial charge in [-0.15, -0.1) is 0 Å². The van der Waals surface area contributed by atoms with E-state index in [1.54, 1.807) is 12.1 Å². The predicted octanol–water partition coefficient (Wildman–Crippen LogP) is 2.21. The van der Waals surface area contributed by atoms with E-state index in [0.29, 0.717) is 6.04 Å². The standard InChI is InChI=1S/C13H19N3O/c1-8(2)16-12-5-4-10(17)7-11(12)15-13(16)6-9(3)14/h4-5,7-9,17H,6,14H2,1-3H3. The van der Waals surface area contributed by atoms with Gasteiger partial charge in [0.05, 0.1) is 11.0 Å². The lowest BCUT2D eigenvalue weighted by Gasteiger charge is -2.14. The number of benzene rings is 1. The number of aromatic nitrogens is 2. The second kappa shape index (κ2) is 4.37. The van der Waals surface area contributed by atoms with Gasteiger partial charge in [0.25, 0.3) is 0 Å². The molecule has 1 unspecified atom stereocenters. The lowest BCUT2D eigenvalue weighted by atomic mass is 10.2. The second-order valence-corrected chi connectivity index (χ2v) is 4.85. The molecule has 2 rings (SSSR count). The summed E-state index contributed by atoms with van der Waals surface area (Å²) in [6.45, 7) is 6.22. The average molecular weight is 233 g/mol. The molecule has 0 aliphatic rings. The van der Waals surface area contributed by atoms with Gasteiger partial charge in [0, 0.05) is 24.6 Å². The summed E-state index contributed by atoms with van der Waals surface area (Å²) in [7, 11) is 0. The monoisotopic (exact) mass is 233 g/mol. The van der Waals surface area contributed by atoms with E-state index < -0.39 is 0 Å². The highest BCUT2D eigenvalue weighted by Crippen LogP contribution is 2.24. The summed E-state index contributed by atoms with van der Waals surface area (Å²) in [5, 5.41) is 9.48. The third kappa shape index (κ3) is 2.26. The molecule has 4 heteroatoms. The van der Waals surface area contributed by atoms with Crippen molar-refractivity contribution in [3.63, 3.8) is 0 Å². The van der Waals surface area contributed by atoms with Gasteiger partial charge in [0.15, 0.2) is 0 Å². The molecule has 1 heterocycles. The molecule has 17 heavy (non-hydrogen) atoms. The van der Waals surface area contributed by atoms with Crippen LogP contribution in [-0.2, 0) is 6.42 Å². The normalized spacial score (nSPS) is 13.5. The highest BCUT2D eigenvalue weighted by atomic mass is 16.3. The summed E-state index contributed by atoms with van der Waals surface area (Å²) in [5.41, 5.74) is 7.72. The Balaban J connectivity index is 2.61. The number of phenols is 1. The molecule has 0 fully saturated rings. The molecule has 0 bridgehead atoms. The zero-order chi connectivity index (χ0) is 12.6. The molecule has 1 aromatic heterocycles. The first-order valence-corrected chi connectivity index (χ1v) is 5.94. The number of imidazole rings is 1. The van der Waals surface area contributed by atoms with Gasteiger partial charge in [-0.05, 0) is 32.9 Å². The highest BCUT2D eigenvalue weighted by molar-refractivity contribution is 5.77. The number of nitrogens with zero attached hydrogens (tertiary/aromatic N) is 2. The average Bonchev–Trinajstić information content (AvgIpc) is 2.53. The minimum absolute atomic E-state index is 0.0814. The van der Waals surface area contributed by atoms with Gasteiger partial charge >= 0.3 is 0 Å². The Morgan fingerprint density at radius 1 is 1.35 bits per heavy atom. The Labute approximate surface area is 101 Å². The van der Waals surface area contributed by atoms with Crippen LogP contribution >= 0.6 is 0 Å². The Hall–Kier alpha value is -1.55. The second-order valence-electron chi connectivity index (χ2n) is 4.85. The molecule has 0 spiro atoms. The minimum atomic E-state index is 0.0814. The van der Waals surface area contributed by atoms with Crippen LogP contribution in [0.4, 0.5) is 0 Å². The Morgan fingerprint density at radius 3 is 2.65 bits per heavy atom. The van der Waals surface area contributed by atoms with Gasteiger partial charge in [-0.25, -0.2) is 4.98 Å². The number of hydrogen-bond donors (Lipinski definition) is 2. The largest absolute Gasteiger partial charge is 0.508 e. The van der Waals surface area contributed by atoms with E-state index in [1.165, 1.54) is 0 Å². The molecule has 0 aliphatic carbocycles. The molecule has 3 N–H and O–H groups in total. The van der Waals surface area contributed by atoms with Gasteiger partial charge in [-0.2, -0.15) is 0 Å². The van der Waals surface area contributed by atoms with Crippen molar-refractivity contribution in [3.8, 4) is 5.75 Å². The first kappa shape index (κ1) is 11.9. The van der Waals surface area contributed by atoms with E-state index in [2.05, 4.69) is 23.4 Å². The van der Waals surface area contributed by atoms with Crippen molar-refractivity contribution in [2.45, 2.75) is 39.3 Å². The lowest BCUT2D eigenvalue weighted by Crippen LogP contribution is -2.21. The van der Waals surface area contributed by atoms with Crippen LogP contribution in [0.3, 0.4) is 0 Å². The van der Waals surface area contributed by atoms with E-state index in [0.717, 1.165) is 23.3 Å². The topological polar surface area (TPSA) is 64.1 Å². The molecule has 4 nitrogen and oxygen atoms in total. The van der Waals surface area contributed by atoms with E-state index in [4.69, 9.17) is 5.73 Å². The number of hydrogen-bond acceptors (Lipinski definition) is 3. The van der Waals surface area contributed by atoms with Crippen molar-refractivity contribution in [1.82, 2.24) is 9.55 Å². The fourth-order valence-corrected chi connectivity index (χ4v) is 2.15. The van der Waals surface area contributed by atoms with Crippen LogP contribution < -0.4 is 5.73 Å². The quantitative estimate of drug-likeness (QED) is 0.854. The van der Waals surface area contributed by atoms with Gasteiger partial charge in [-0.3, -0.25) is 0 Å². The number of phenolic OH excluding ortho intramolecular Hbond substituents is 1. The third-order valence-corrected chi connectivity index (χ3v) is 2.77. The predicted molar refractivity (Wildman–Crippen MR) is 69.1 cm³/mol. The smallest absolute Gasteiger partial charge is 0.117 e. The Bertz CT molecular complexity index is 529. The lowest BCUT2D eigenvalue weighted by molar-refractivity contribution is 0.476. The van der Waals surface area contributed by atoms with Gasteiger partial charge in [0.1, 0.15) is 11.6 Å². The van der Waals surface area contributed by atoms with Crippen LogP contribution in [0.25, 0.3) is 11.0 Å². The highest BCUT2D eigenvalue weighted by Gasteiger charge is 2.14. The Kier molecular flexibility index (Phi) is 3.07. The zero-order valence-electron chi connectivity index (χ0n) is 10.5. The van der Waals surface area contributed by atoms with Crippen LogP contribution in [0.1, 0.15) is 32.6 Å². The fourth-order valence-electron chi connectivity index (χ4n) is 2.15. The summed E-state index contributed by atoms with van der Waals surface area (Å²) in [5.74, 6) is 1.23. The molecule has 0 saturated heterocycles. The summed E-state index contributed by atoms with van der Waals surface area (Å²) in [6.07, 6.45) is 0.744. The van der Waals surface area contributed by atoms with Crippen LogP contribution in [-0.4, -0.2) is 20.7 Å². The van der Waals surface area contributed by atoms with E-state index in [-0.39, 0.29) is 11.8 Å². The first-order chi connectivity index (χ1) is 7.99. The maximum Gasteiger partial charge on any atom is 0.117 e. The van der Waals surface area contributed by atoms with E-state index >= 15 is 0 Å². The van der Waals surface area contributed by atoms with Crippen LogP contribution in [0.15, 0.2) is 18.2 Å². The molecule has 0 amide bonds. The van der Waals surface area contributed by atoms with Crippen molar-refractivity contribution < 1.29 is 5.11 Å². The molecule has 0 radical (unpaired) electrons.